The zero-order valence-corrected chi connectivity index (χ0v) is 13.1. The van der Waals surface area contributed by atoms with Gasteiger partial charge in [0.2, 0.25) is 0 Å². The third-order valence-electron chi connectivity index (χ3n) is 3.84. The van der Waals surface area contributed by atoms with E-state index in [2.05, 4.69) is 24.3 Å². The maximum Gasteiger partial charge on any atom is 0.321 e. The van der Waals surface area contributed by atoms with E-state index in [1.807, 2.05) is 24.0 Å². The number of likely N-dealkylation sites (N-methyl/N-ethyl adjacent to an activating group) is 1. The molecule has 0 spiro atoms. The van der Waals surface area contributed by atoms with E-state index in [0.717, 1.165) is 37.2 Å². The van der Waals surface area contributed by atoms with Crippen LogP contribution in [-0.4, -0.2) is 49.1 Å². The number of urea groups is 1. The molecule has 110 valence electrons. The fourth-order valence-electron chi connectivity index (χ4n) is 2.52. The molecule has 2 amide bonds. The Morgan fingerprint density at radius 3 is 2.85 bits per heavy atom. The first-order valence-corrected chi connectivity index (χ1v) is 7.33. The summed E-state index contributed by atoms with van der Waals surface area (Å²) in [7, 11) is 4.13. The summed E-state index contributed by atoms with van der Waals surface area (Å²) in [6.45, 7) is 3.55. The SMILES string of the molecule is Cc1cc(Cl)ccc1NC(=O)N1CCC[C@@H](N(C)C)C1. The third kappa shape index (κ3) is 3.64. The highest BCUT2D eigenvalue weighted by Gasteiger charge is 2.24. The molecule has 1 atom stereocenters. The second kappa shape index (κ2) is 6.46. The van der Waals surface area contributed by atoms with E-state index < -0.39 is 0 Å². The van der Waals surface area contributed by atoms with Gasteiger partial charge in [-0.25, -0.2) is 4.79 Å². The Labute approximate surface area is 125 Å². The average molecular weight is 296 g/mol. The normalized spacial score (nSPS) is 19.2. The van der Waals surface area contributed by atoms with Crippen LogP contribution >= 0.6 is 11.6 Å². The number of aryl methyl sites for hydroxylation is 1. The Morgan fingerprint density at radius 2 is 2.20 bits per heavy atom. The predicted octanol–water partition coefficient (Wildman–Crippen LogP) is 3.21. The number of anilines is 1. The fourth-order valence-corrected chi connectivity index (χ4v) is 2.75. The van der Waals surface area contributed by atoms with Crippen LogP contribution in [0.15, 0.2) is 18.2 Å². The molecule has 1 saturated heterocycles. The number of carbonyl (C=O) groups excluding carboxylic acids is 1. The largest absolute Gasteiger partial charge is 0.323 e. The molecule has 0 aliphatic carbocycles. The van der Waals surface area contributed by atoms with Crippen molar-refractivity contribution in [3.8, 4) is 0 Å². The van der Waals surface area contributed by atoms with Gasteiger partial charge >= 0.3 is 6.03 Å². The Kier molecular flexibility index (Phi) is 4.89. The summed E-state index contributed by atoms with van der Waals surface area (Å²) in [4.78, 5) is 16.4. The second-order valence-corrected chi connectivity index (χ2v) is 6.03. The monoisotopic (exact) mass is 295 g/mol. The van der Waals surface area contributed by atoms with E-state index in [-0.39, 0.29) is 6.03 Å². The topological polar surface area (TPSA) is 35.6 Å². The molecule has 1 heterocycles. The zero-order valence-electron chi connectivity index (χ0n) is 12.3. The van der Waals surface area contributed by atoms with E-state index in [0.29, 0.717) is 11.1 Å². The number of hydrogen-bond donors (Lipinski definition) is 1. The molecule has 0 unspecified atom stereocenters. The molecule has 1 N–H and O–H groups in total. The van der Waals surface area contributed by atoms with Crippen molar-refractivity contribution in [1.82, 2.24) is 9.80 Å². The van der Waals surface area contributed by atoms with Gasteiger partial charge in [0.1, 0.15) is 0 Å². The Morgan fingerprint density at radius 1 is 1.45 bits per heavy atom. The molecule has 20 heavy (non-hydrogen) atoms. The van der Waals surface area contributed by atoms with Crippen molar-refractivity contribution >= 4 is 23.3 Å². The number of nitrogens with zero attached hydrogens (tertiary/aromatic N) is 2. The first kappa shape index (κ1) is 15.1. The smallest absolute Gasteiger partial charge is 0.321 e. The number of halogens is 1. The second-order valence-electron chi connectivity index (χ2n) is 5.60. The molecular formula is C15H22ClN3O. The molecule has 0 saturated carbocycles. The molecule has 1 aliphatic heterocycles. The summed E-state index contributed by atoms with van der Waals surface area (Å²) in [5.41, 5.74) is 1.80. The molecule has 0 aromatic heterocycles. The number of likely N-dealkylation sites (tertiary alicyclic amines) is 1. The summed E-state index contributed by atoms with van der Waals surface area (Å²) in [5, 5.41) is 3.66. The van der Waals surface area contributed by atoms with Gasteiger partial charge in [0, 0.05) is 29.8 Å². The number of amides is 2. The van der Waals surface area contributed by atoms with E-state index in [4.69, 9.17) is 11.6 Å². The molecule has 0 radical (unpaired) electrons. The van der Waals surface area contributed by atoms with Gasteiger partial charge in [-0.05, 0) is 57.6 Å². The molecule has 1 aromatic carbocycles. The third-order valence-corrected chi connectivity index (χ3v) is 4.08. The first-order chi connectivity index (χ1) is 9.47. The molecular weight excluding hydrogens is 274 g/mol. The van der Waals surface area contributed by atoms with Crippen LogP contribution < -0.4 is 5.32 Å². The number of piperidine rings is 1. The van der Waals surface area contributed by atoms with Crippen molar-refractivity contribution in [3.63, 3.8) is 0 Å². The maximum absolute atomic E-state index is 12.3. The van der Waals surface area contributed by atoms with Crippen LogP contribution in [-0.2, 0) is 0 Å². The summed E-state index contributed by atoms with van der Waals surface area (Å²) >= 11 is 5.93. The molecule has 5 heteroatoms. The van der Waals surface area contributed by atoms with Gasteiger partial charge in [-0.3, -0.25) is 0 Å². The minimum atomic E-state index is -0.0260. The Bertz CT molecular complexity index is 490. The minimum absolute atomic E-state index is 0.0260. The predicted molar refractivity (Wildman–Crippen MR) is 83.5 cm³/mol. The summed E-state index contributed by atoms with van der Waals surface area (Å²) < 4.78 is 0. The van der Waals surface area contributed by atoms with Crippen molar-refractivity contribution < 1.29 is 4.79 Å². The molecule has 4 nitrogen and oxygen atoms in total. The highest BCUT2D eigenvalue weighted by molar-refractivity contribution is 6.30. The van der Waals surface area contributed by atoms with Crippen LogP contribution in [0, 0.1) is 6.92 Å². The summed E-state index contributed by atoms with van der Waals surface area (Å²) in [6, 6.07) is 5.92. The van der Waals surface area contributed by atoms with Gasteiger partial charge in [-0.15, -0.1) is 0 Å². The van der Waals surface area contributed by atoms with Gasteiger partial charge in [-0.1, -0.05) is 11.6 Å². The lowest BCUT2D eigenvalue weighted by Gasteiger charge is -2.36. The number of rotatable bonds is 2. The molecule has 2 rings (SSSR count). The van der Waals surface area contributed by atoms with E-state index in [9.17, 15) is 4.79 Å². The number of benzene rings is 1. The van der Waals surface area contributed by atoms with Gasteiger partial charge in [0.15, 0.2) is 0 Å². The molecule has 1 aliphatic rings. The van der Waals surface area contributed by atoms with Gasteiger partial charge in [0.05, 0.1) is 0 Å². The van der Waals surface area contributed by atoms with Crippen LogP contribution in [0.4, 0.5) is 10.5 Å². The van der Waals surface area contributed by atoms with Crippen LogP contribution in [0.5, 0.6) is 0 Å². The van der Waals surface area contributed by atoms with Crippen molar-refractivity contribution in [2.75, 3.05) is 32.5 Å². The standard InChI is InChI=1S/C15H22ClN3O/c1-11-9-12(16)6-7-14(11)17-15(20)19-8-4-5-13(10-19)18(2)3/h6-7,9,13H,4-5,8,10H2,1-3H3,(H,17,20)/t13-/m1/s1. The van der Waals surface area contributed by atoms with Crippen LogP contribution in [0.25, 0.3) is 0 Å². The van der Waals surface area contributed by atoms with Crippen LogP contribution in [0.3, 0.4) is 0 Å². The molecule has 1 fully saturated rings. The van der Waals surface area contributed by atoms with Crippen molar-refractivity contribution in [1.29, 1.82) is 0 Å². The molecule has 1 aromatic rings. The highest BCUT2D eigenvalue weighted by Crippen LogP contribution is 2.21. The minimum Gasteiger partial charge on any atom is -0.323 e. The first-order valence-electron chi connectivity index (χ1n) is 6.96. The highest BCUT2D eigenvalue weighted by atomic mass is 35.5. The van der Waals surface area contributed by atoms with E-state index in [1.165, 1.54) is 0 Å². The van der Waals surface area contributed by atoms with Crippen LogP contribution in [0.2, 0.25) is 5.02 Å². The number of hydrogen-bond acceptors (Lipinski definition) is 2. The summed E-state index contributed by atoms with van der Waals surface area (Å²) in [5.74, 6) is 0. The average Bonchev–Trinajstić information content (AvgIpc) is 2.42. The lowest BCUT2D eigenvalue weighted by molar-refractivity contribution is 0.148. The lowest BCUT2D eigenvalue weighted by Crippen LogP contribution is -2.48. The Balaban J connectivity index is 2.00. The fraction of sp³-hybridized carbons (Fsp3) is 0.533. The number of nitrogens with one attached hydrogen (secondary N) is 1. The quantitative estimate of drug-likeness (QED) is 0.909. The van der Waals surface area contributed by atoms with Gasteiger partial charge < -0.3 is 15.1 Å². The van der Waals surface area contributed by atoms with Gasteiger partial charge in [0.25, 0.3) is 0 Å². The van der Waals surface area contributed by atoms with E-state index in [1.54, 1.807) is 6.07 Å². The van der Waals surface area contributed by atoms with E-state index >= 15 is 0 Å². The van der Waals surface area contributed by atoms with Crippen molar-refractivity contribution in [2.45, 2.75) is 25.8 Å². The van der Waals surface area contributed by atoms with Crippen molar-refractivity contribution in [3.05, 3.63) is 28.8 Å². The van der Waals surface area contributed by atoms with Gasteiger partial charge in [-0.2, -0.15) is 0 Å². The molecule has 0 bridgehead atoms. The summed E-state index contributed by atoms with van der Waals surface area (Å²) in [6.07, 6.45) is 2.20. The van der Waals surface area contributed by atoms with Crippen molar-refractivity contribution in [2.24, 2.45) is 0 Å². The Hall–Kier alpha value is -1.26. The zero-order chi connectivity index (χ0) is 14.7. The number of carbonyl (C=O) groups is 1. The lowest BCUT2D eigenvalue weighted by atomic mass is 10.1. The maximum atomic E-state index is 12.3. The van der Waals surface area contributed by atoms with Crippen LogP contribution in [0.1, 0.15) is 18.4 Å².